The summed E-state index contributed by atoms with van der Waals surface area (Å²) in [5, 5.41) is 17.7. The van der Waals surface area contributed by atoms with Gasteiger partial charge in [-0.2, -0.15) is 0 Å². The zero-order valence-corrected chi connectivity index (χ0v) is 7.69. The monoisotopic (exact) mass is 208 g/mol. The largest absolute Gasteiger partial charge is 0.492 e. The van der Waals surface area contributed by atoms with Crippen LogP contribution in [0.3, 0.4) is 0 Å². The molecular formula is C10H8O5. The van der Waals surface area contributed by atoms with Crippen LogP contribution in [0.15, 0.2) is 12.1 Å². The van der Waals surface area contributed by atoms with E-state index in [0.717, 1.165) is 0 Å². The molecule has 2 rings (SSSR count). The second-order valence-electron chi connectivity index (χ2n) is 3.18. The summed E-state index contributed by atoms with van der Waals surface area (Å²) < 4.78 is 5.14. The summed E-state index contributed by atoms with van der Waals surface area (Å²) in [6, 6.07) is 2.56. The number of ether oxygens (including phenoxy) is 1. The van der Waals surface area contributed by atoms with E-state index in [4.69, 9.17) is 14.9 Å². The molecule has 78 valence electrons. The van der Waals surface area contributed by atoms with Gasteiger partial charge in [-0.25, -0.2) is 9.59 Å². The molecule has 0 unspecified atom stereocenters. The Balaban J connectivity index is 2.64. The zero-order valence-electron chi connectivity index (χ0n) is 7.69. The molecule has 0 fully saturated rings. The first-order valence-electron chi connectivity index (χ1n) is 4.36. The number of hydrogen-bond acceptors (Lipinski definition) is 3. The minimum Gasteiger partial charge on any atom is -0.492 e. The predicted molar refractivity (Wildman–Crippen MR) is 49.6 cm³/mol. The van der Waals surface area contributed by atoms with Crippen LogP contribution >= 0.6 is 0 Å². The maximum Gasteiger partial charge on any atom is 0.339 e. The standard InChI is InChI=1S/C10H8O5/c11-9(12)6-1-2-7(10(13)14)8-5(6)3-4-15-8/h1-2H,3-4H2,(H,11,12)(H,13,14). The Labute approximate surface area is 84.9 Å². The number of carboxylic acids is 2. The molecule has 1 aliphatic rings. The summed E-state index contributed by atoms with van der Waals surface area (Å²) in [4.78, 5) is 21.7. The normalized spacial score (nSPS) is 13.1. The SMILES string of the molecule is O=C(O)c1ccc(C(=O)O)c2c1CCO2. The highest BCUT2D eigenvalue weighted by Gasteiger charge is 2.25. The fourth-order valence-corrected chi connectivity index (χ4v) is 1.66. The average Bonchev–Trinajstić information content (AvgIpc) is 2.63. The lowest BCUT2D eigenvalue weighted by molar-refractivity contribution is 0.0678. The van der Waals surface area contributed by atoms with Crippen molar-refractivity contribution in [2.24, 2.45) is 0 Å². The number of aromatic carboxylic acids is 2. The van der Waals surface area contributed by atoms with E-state index in [0.29, 0.717) is 18.6 Å². The summed E-state index contributed by atoms with van der Waals surface area (Å²) in [6.45, 7) is 0.333. The van der Waals surface area contributed by atoms with Gasteiger partial charge in [-0.15, -0.1) is 0 Å². The van der Waals surface area contributed by atoms with Crippen molar-refractivity contribution in [1.29, 1.82) is 0 Å². The molecule has 1 aliphatic heterocycles. The third-order valence-electron chi connectivity index (χ3n) is 2.32. The van der Waals surface area contributed by atoms with Gasteiger partial charge in [-0.05, 0) is 12.1 Å². The van der Waals surface area contributed by atoms with Crippen molar-refractivity contribution >= 4 is 11.9 Å². The molecule has 15 heavy (non-hydrogen) atoms. The molecule has 5 nitrogen and oxygen atoms in total. The van der Waals surface area contributed by atoms with E-state index in [9.17, 15) is 9.59 Å². The van der Waals surface area contributed by atoms with Gasteiger partial charge in [0.2, 0.25) is 0 Å². The Hall–Kier alpha value is -2.04. The highest BCUT2D eigenvalue weighted by Crippen LogP contribution is 2.32. The highest BCUT2D eigenvalue weighted by molar-refractivity contribution is 5.96. The Morgan fingerprint density at radius 1 is 1.13 bits per heavy atom. The maximum absolute atomic E-state index is 10.8. The van der Waals surface area contributed by atoms with Crippen LogP contribution in [-0.2, 0) is 6.42 Å². The number of carboxylic acid groups (broad SMARTS) is 2. The Morgan fingerprint density at radius 3 is 2.33 bits per heavy atom. The molecule has 0 amide bonds. The van der Waals surface area contributed by atoms with E-state index < -0.39 is 11.9 Å². The predicted octanol–water partition coefficient (Wildman–Crippen LogP) is 1.02. The van der Waals surface area contributed by atoms with Gasteiger partial charge in [0.25, 0.3) is 0 Å². The molecule has 0 saturated heterocycles. The Bertz CT molecular complexity index is 408. The average molecular weight is 208 g/mol. The molecule has 0 bridgehead atoms. The van der Waals surface area contributed by atoms with E-state index >= 15 is 0 Å². The molecule has 0 radical (unpaired) electrons. The van der Waals surface area contributed by atoms with Gasteiger partial charge in [0.1, 0.15) is 11.3 Å². The van der Waals surface area contributed by atoms with E-state index in [1.807, 2.05) is 0 Å². The number of hydrogen-bond donors (Lipinski definition) is 2. The van der Waals surface area contributed by atoms with Crippen LogP contribution in [0.2, 0.25) is 0 Å². The van der Waals surface area contributed by atoms with Gasteiger partial charge < -0.3 is 14.9 Å². The van der Waals surface area contributed by atoms with Gasteiger partial charge in [-0.3, -0.25) is 0 Å². The second kappa shape index (κ2) is 3.27. The summed E-state index contributed by atoms with van der Waals surface area (Å²) in [7, 11) is 0. The number of fused-ring (bicyclic) bond motifs is 1. The minimum absolute atomic E-state index is 0.0208. The molecule has 1 aromatic rings. The van der Waals surface area contributed by atoms with Crippen molar-refractivity contribution in [2.75, 3.05) is 6.61 Å². The van der Waals surface area contributed by atoms with E-state index in [-0.39, 0.29) is 16.9 Å². The second-order valence-corrected chi connectivity index (χ2v) is 3.18. The summed E-state index contributed by atoms with van der Waals surface area (Å²) in [5.74, 6) is -1.97. The highest BCUT2D eigenvalue weighted by atomic mass is 16.5. The van der Waals surface area contributed by atoms with Gasteiger partial charge in [0.15, 0.2) is 0 Å². The quantitative estimate of drug-likeness (QED) is 0.757. The molecule has 0 atom stereocenters. The van der Waals surface area contributed by atoms with E-state index in [1.165, 1.54) is 12.1 Å². The zero-order chi connectivity index (χ0) is 11.0. The Morgan fingerprint density at radius 2 is 1.73 bits per heavy atom. The molecule has 5 heteroatoms. The first-order chi connectivity index (χ1) is 7.11. The fraction of sp³-hybridized carbons (Fsp3) is 0.200. The molecule has 1 aromatic carbocycles. The van der Waals surface area contributed by atoms with Crippen LogP contribution in [0.5, 0.6) is 5.75 Å². The molecule has 0 saturated carbocycles. The van der Waals surface area contributed by atoms with Crippen LogP contribution < -0.4 is 4.74 Å². The molecule has 0 spiro atoms. The summed E-state index contributed by atoms with van der Waals surface area (Å²) >= 11 is 0. The fourth-order valence-electron chi connectivity index (χ4n) is 1.66. The van der Waals surface area contributed by atoms with E-state index in [2.05, 4.69) is 0 Å². The number of carbonyl (C=O) groups is 2. The van der Waals surface area contributed by atoms with Crippen molar-refractivity contribution in [2.45, 2.75) is 6.42 Å². The van der Waals surface area contributed by atoms with Crippen molar-refractivity contribution in [1.82, 2.24) is 0 Å². The van der Waals surface area contributed by atoms with Crippen molar-refractivity contribution in [3.8, 4) is 5.75 Å². The third kappa shape index (κ3) is 1.41. The number of benzene rings is 1. The first-order valence-corrected chi connectivity index (χ1v) is 4.36. The topological polar surface area (TPSA) is 83.8 Å². The van der Waals surface area contributed by atoms with Crippen LogP contribution in [0, 0.1) is 0 Å². The van der Waals surface area contributed by atoms with Gasteiger partial charge in [-0.1, -0.05) is 0 Å². The van der Waals surface area contributed by atoms with Crippen molar-refractivity contribution < 1.29 is 24.5 Å². The molecule has 0 aromatic heterocycles. The van der Waals surface area contributed by atoms with Crippen molar-refractivity contribution in [3.63, 3.8) is 0 Å². The third-order valence-corrected chi connectivity index (χ3v) is 2.32. The van der Waals surface area contributed by atoms with Gasteiger partial charge in [0, 0.05) is 12.0 Å². The summed E-state index contributed by atoms with van der Waals surface area (Å²) in [5.41, 5.74) is 0.613. The Kier molecular flexibility index (Phi) is 2.07. The lowest BCUT2D eigenvalue weighted by atomic mass is 10.0. The molecular weight excluding hydrogens is 200 g/mol. The van der Waals surface area contributed by atoms with Crippen LogP contribution in [-0.4, -0.2) is 28.8 Å². The van der Waals surface area contributed by atoms with Gasteiger partial charge >= 0.3 is 11.9 Å². The molecule has 0 aliphatic carbocycles. The van der Waals surface area contributed by atoms with Gasteiger partial charge in [0.05, 0.1) is 12.2 Å². The smallest absolute Gasteiger partial charge is 0.339 e. The van der Waals surface area contributed by atoms with Crippen molar-refractivity contribution in [3.05, 3.63) is 28.8 Å². The number of rotatable bonds is 2. The maximum atomic E-state index is 10.8. The molecule has 1 heterocycles. The minimum atomic E-state index is -1.11. The van der Waals surface area contributed by atoms with Crippen LogP contribution in [0.25, 0.3) is 0 Å². The molecule has 2 N–H and O–H groups in total. The van der Waals surface area contributed by atoms with Crippen LogP contribution in [0.4, 0.5) is 0 Å². The van der Waals surface area contributed by atoms with E-state index in [1.54, 1.807) is 0 Å². The first kappa shape index (κ1) is 9.51. The summed E-state index contributed by atoms with van der Waals surface area (Å²) in [6.07, 6.45) is 0.443. The van der Waals surface area contributed by atoms with Crippen LogP contribution in [0.1, 0.15) is 26.3 Å². The lowest BCUT2D eigenvalue weighted by Crippen LogP contribution is -2.04. The lowest BCUT2D eigenvalue weighted by Gasteiger charge is -2.05.